The number of carbonyl (C=O) groups is 1. The molecule has 1 aromatic carbocycles. The standard InChI is InChI=1S/C24H38N4O3S/c1-17(2)32(30,31)25-15-21(24(3,4)5)26-23(29)22-19-13-9-10-14-20(19)28(27-22)16-18-11-7-6-8-12-18/h9-10,13-14,17-18,21,25H,6-8,11-12,15-16H2,1-5H3,(H,26,29)/t21-/m1/s1. The number of nitrogens with zero attached hydrogens (tertiary/aromatic N) is 2. The van der Waals surface area contributed by atoms with Gasteiger partial charge in [0.2, 0.25) is 10.0 Å². The fraction of sp³-hybridized carbons (Fsp3) is 0.667. The van der Waals surface area contributed by atoms with Crippen molar-refractivity contribution >= 4 is 26.8 Å². The third-order valence-electron chi connectivity index (χ3n) is 6.49. The van der Waals surface area contributed by atoms with Crippen LogP contribution in [-0.4, -0.2) is 41.9 Å². The van der Waals surface area contributed by atoms with E-state index in [2.05, 4.69) is 10.0 Å². The summed E-state index contributed by atoms with van der Waals surface area (Å²) in [7, 11) is -3.42. The van der Waals surface area contributed by atoms with Crippen molar-refractivity contribution < 1.29 is 13.2 Å². The number of rotatable bonds is 8. The number of nitrogens with one attached hydrogen (secondary N) is 2. The van der Waals surface area contributed by atoms with Crippen molar-refractivity contribution in [2.24, 2.45) is 11.3 Å². The van der Waals surface area contributed by atoms with Gasteiger partial charge in [-0.3, -0.25) is 9.48 Å². The predicted octanol–water partition coefficient (Wildman–Crippen LogP) is 4.09. The second-order valence-corrected chi connectivity index (χ2v) is 12.7. The summed E-state index contributed by atoms with van der Waals surface area (Å²) in [6.45, 7) is 10.2. The molecule has 1 aliphatic rings. The van der Waals surface area contributed by atoms with Crippen molar-refractivity contribution in [2.45, 2.75) is 84.6 Å². The summed E-state index contributed by atoms with van der Waals surface area (Å²) >= 11 is 0. The quantitative estimate of drug-likeness (QED) is 0.618. The minimum atomic E-state index is -3.42. The van der Waals surface area contributed by atoms with Gasteiger partial charge in [0, 0.05) is 24.5 Å². The maximum Gasteiger partial charge on any atom is 0.272 e. The van der Waals surface area contributed by atoms with Crippen molar-refractivity contribution in [3.05, 3.63) is 30.0 Å². The maximum atomic E-state index is 13.3. The third kappa shape index (κ3) is 5.90. The Balaban J connectivity index is 1.82. The van der Waals surface area contributed by atoms with Gasteiger partial charge in [-0.25, -0.2) is 13.1 Å². The summed E-state index contributed by atoms with van der Waals surface area (Å²) in [5.74, 6) is 0.322. The number of para-hydroxylation sites is 1. The summed E-state index contributed by atoms with van der Waals surface area (Å²) in [4.78, 5) is 13.3. The fourth-order valence-corrected chi connectivity index (χ4v) is 4.95. The monoisotopic (exact) mass is 462 g/mol. The van der Waals surface area contributed by atoms with E-state index < -0.39 is 15.3 Å². The molecule has 2 N–H and O–H groups in total. The summed E-state index contributed by atoms with van der Waals surface area (Å²) in [5.41, 5.74) is 1.03. The van der Waals surface area contributed by atoms with E-state index in [1.807, 2.05) is 49.7 Å². The minimum absolute atomic E-state index is 0.135. The van der Waals surface area contributed by atoms with Gasteiger partial charge in [-0.05, 0) is 44.1 Å². The Kier molecular flexibility index (Phi) is 7.65. The Bertz CT molecular complexity index is 1030. The van der Waals surface area contributed by atoms with Crippen LogP contribution in [0.2, 0.25) is 0 Å². The average Bonchev–Trinajstić information content (AvgIpc) is 3.09. The summed E-state index contributed by atoms with van der Waals surface area (Å²) in [5, 5.41) is 8.07. The van der Waals surface area contributed by atoms with Crippen molar-refractivity contribution in [2.75, 3.05) is 6.54 Å². The molecule has 1 atom stereocenters. The Hall–Kier alpha value is -1.93. The highest BCUT2D eigenvalue weighted by Gasteiger charge is 2.30. The van der Waals surface area contributed by atoms with Gasteiger partial charge in [0.05, 0.1) is 10.8 Å². The molecule has 0 spiro atoms. The molecule has 32 heavy (non-hydrogen) atoms. The molecule has 178 valence electrons. The van der Waals surface area contributed by atoms with Crippen LogP contribution in [0.1, 0.15) is 77.2 Å². The van der Waals surface area contributed by atoms with E-state index in [0.29, 0.717) is 11.6 Å². The van der Waals surface area contributed by atoms with Crippen LogP contribution in [-0.2, 0) is 16.6 Å². The van der Waals surface area contributed by atoms with Crippen molar-refractivity contribution in [1.82, 2.24) is 19.8 Å². The first-order chi connectivity index (χ1) is 15.0. The average molecular weight is 463 g/mol. The number of fused-ring (bicyclic) bond motifs is 1. The van der Waals surface area contributed by atoms with Crippen LogP contribution in [0, 0.1) is 11.3 Å². The van der Waals surface area contributed by atoms with Gasteiger partial charge in [-0.2, -0.15) is 5.10 Å². The van der Waals surface area contributed by atoms with Crippen LogP contribution in [0.3, 0.4) is 0 Å². The van der Waals surface area contributed by atoms with E-state index in [1.165, 1.54) is 32.1 Å². The SMILES string of the molecule is CC(C)S(=O)(=O)NC[C@@H](NC(=O)c1nn(CC2CCCCC2)c2ccccc12)C(C)(C)C. The molecule has 2 aromatic rings. The first-order valence-corrected chi connectivity index (χ1v) is 13.3. The number of carbonyl (C=O) groups excluding carboxylic acids is 1. The normalized spacial score (nSPS) is 17.1. The molecular formula is C24H38N4O3S. The largest absolute Gasteiger partial charge is 0.346 e. The zero-order valence-electron chi connectivity index (χ0n) is 20.0. The molecule has 1 amide bonds. The molecule has 8 heteroatoms. The summed E-state index contributed by atoms with van der Waals surface area (Å²) in [6.07, 6.45) is 6.24. The molecule has 1 saturated carbocycles. The minimum Gasteiger partial charge on any atom is -0.346 e. The first kappa shape index (κ1) is 24.7. The van der Waals surface area contributed by atoms with Crippen molar-refractivity contribution in [1.29, 1.82) is 0 Å². The Labute approximate surface area is 192 Å². The topological polar surface area (TPSA) is 93.1 Å². The molecule has 0 unspecified atom stereocenters. The molecule has 3 rings (SSSR count). The van der Waals surface area contributed by atoms with Crippen molar-refractivity contribution in [3.8, 4) is 0 Å². The van der Waals surface area contributed by atoms with Crippen LogP contribution in [0.25, 0.3) is 10.9 Å². The number of hydrogen-bond acceptors (Lipinski definition) is 4. The lowest BCUT2D eigenvalue weighted by Crippen LogP contribution is -2.51. The lowest BCUT2D eigenvalue weighted by atomic mass is 9.86. The predicted molar refractivity (Wildman–Crippen MR) is 129 cm³/mol. The number of benzene rings is 1. The van der Waals surface area contributed by atoms with Crippen molar-refractivity contribution in [3.63, 3.8) is 0 Å². The van der Waals surface area contributed by atoms with E-state index in [9.17, 15) is 13.2 Å². The van der Waals surface area contributed by atoms with Crippen LogP contribution < -0.4 is 10.0 Å². The summed E-state index contributed by atoms with van der Waals surface area (Å²) < 4.78 is 29.1. The highest BCUT2D eigenvalue weighted by atomic mass is 32.2. The molecule has 0 aliphatic heterocycles. The number of hydrogen-bond donors (Lipinski definition) is 2. The van der Waals surface area contributed by atoms with E-state index in [4.69, 9.17) is 5.10 Å². The van der Waals surface area contributed by atoms with E-state index in [0.717, 1.165) is 17.4 Å². The van der Waals surface area contributed by atoms with Crippen LogP contribution >= 0.6 is 0 Å². The van der Waals surface area contributed by atoms with Gasteiger partial charge >= 0.3 is 0 Å². The number of sulfonamides is 1. The molecule has 1 heterocycles. The van der Waals surface area contributed by atoms with Gasteiger partial charge < -0.3 is 5.32 Å². The second-order valence-electron chi connectivity index (χ2n) is 10.4. The van der Waals surface area contributed by atoms with Gasteiger partial charge in [-0.15, -0.1) is 0 Å². The Morgan fingerprint density at radius 1 is 1.16 bits per heavy atom. The lowest BCUT2D eigenvalue weighted by Gasteiger charge is -2.31. The first-order valence-electron chi connectivity index (χ1n) is 11.7. The van der Waals surface area contributed by atoms with Gasteiger partial charge in [0.1, 0.15) is 0 Å². The van der Waals surface area contributed by atoms with E-state index in [1.54, 1.807) is 13.8 Å². The maximum absolute atomic E-state index is 13.3. The molecule has 0 saturated heterocycles. The molecule has 7 nitrogen and oxygen atoms in total. The molecule has 1 aliphatic carbocycles. The molecule has 1 fully saturated rings. The summed E-state index contributed by atoms with van der Waals surface area (Å²) in [6, 6.07) is 7.46. The molecule has 0 radical (unpaired) electrons. The van der Waals surface area contributed by atoms with Gasteiger partial charge in [0.25, 0.3) is 5.91 Å². The molecule has 1 aromatic heterocycles. The Morgan fingerprint density at radius 2 is 1.81 bits per heavy atom. The van der Waals surface area contributed by atoms with Crippen LogP contribution in [0.5, 0.6) is 0 Å². The third-order valence-corrected chi connectivity index (χ3v) is 8.30. The smallest absolute Gasteiger partial charge is 0.272 e. The zero-order chi connectivity index (χ0) is 23.5. The lowest BCUT2D eigenvalue weighted by molar-refractivity contribution is 0.0899. The molecule has 0 bridgehead atoms. The van der Waals surface area contributed by atoms with Gasteiger partial charge in [-0.1, -0.05) is 58.2 Å². The highest BCUT2D eigenvalue weighted by molar-refractivity contribution is 7.90. The highest BCUT2D eigenvalue weighted by Crippen LogP contribution is 2.27. The van der Waals surface area contributed by atoms with Crippen LogP contribution in [0.4, 0.5) is 0 Å². The van der Waals surface area contributed by atoms with E-state index >= 15 is 0 Å². The van der Waals surface area contributed by atoms with Crippen LogP contribution in [0.15, 0.2) is 24.3 Å². The number of aromatic nitrogens is 2. The van der Waals surface area contributed by atoms with E-state index in [-0.39, 0.29) is 23.9 Å². The fourth-order valence-electron chi connectivity index (χ4n) is 4.22. The number of amides is 1. The molecular weight excluding hydrogens is 424 g/mol. The Morgan fingerprint density at radius 3 is 2.44 bits per heavy atom. The second kappa shape index (κ2) is 9.91. The zero-order valence-corrected chi connectivity index (χ0v) is 20.8. The van der Waals surface area contributed by atoms with Gasteiger partial charge in [0.15, 0.2) is 5.69 Å².